The highest BCUT2D eigenvalue weighted by Gasteiger charge is 2.27. The molecule has 0 aromatic rings. The zero-order valence-electron chi connectivity index (χ0n) is 5.90. The van der Waals surface area contributed by atoms with E-state index in [-0.39, 0.29) is 6.61 Å². The highest BCUT2D eigenvalue weighted by molar-refractivity contribution is 4.81. The lowest BCUT2D eigenvalue weighted by molar-refractivity contribution is -0.174. The average molecular weight is 169 g/mol. The smallest absolute Gasteiger partial charge is 0.370 e. The van der Waals surface area contributed by atoms with Gasteiger partial charge in [0, 0.05) is 6.04 Å². The van der Waals surface area contributed by atoms with E-state index in [0.29, 0.717) is 0 Å². The highest BCUT2D eigenvalue weighted by Crippen LogP contribution is 2.14. The van der Waals surface area contributed by atoms with Crippen LogP contribution in [0.4, 0.5) is 13.2 Å². The molecule has 0 radical (unpaired) electrons. The Morgan fingerprint density at radius 2 is 2.09 bits per heavy atom. The van der Waals surface area contributed by atoms with Gasteiger partial charge in [-0.3, -0.25) is 0 Å². The number of halogens is 3. The monoisotopic (exact) mass is 169 g/mol. The van der Waals surface area contributed by atoms with Gasteiger partial charge in [0.25, 0.3) is 0 Å². The molecular formula is C6H10F3NO. The van der Waals surface area contributed by atoms with Gasteiger partial charge in [-0.1, -0.05) is 6.08 Å². The van der Waals surface area contributed by atoms with Gasteiger partial charge < -0.3 is 10.5 Å². The number of nitrogens with two attached hydrogens (primary N) is 1. The first-order valence-corrected chi connectivity index (χ1v) is 2.98. The fraction of sp³-hybridized carbons (Fsp3) is 0.667. The summed E-state index contributed by atoms with van der Waals surface area (Å²) in [5, 5.41) is 0. The van der Waals surface area contributed by atoms with E-state index in [2.05, 4.69) is 11.3 Å². The third-order valence-corrected chi connectivity index (χ3v) is 0.879. The zero-order valence-corrected chi connectivity index (χ0v) is 5.90. The fourth-order valence-electron chi connectivity index (χ4n) is 0.379. The van der Waals surface area contributed by atoms with Gasteiger partial charge in [0.1, 0.15) is 6.61 Å². The molecule has 1 atom stereocenters. The fourth-order valence-corrected chi connectivity index (χ4v) is 0.379. The molecule has 0 heterocycles. The Labute approximate surface area is 62.8 Å². The van der Waals surface area contributed by atoms with E-state index in [1.807, 2.05) is 0 Å². The first kappa shape index (κ1) is 10.4. The molecule has 11 heavy (non-hydrogen) atoms. The summed E-state index contributed by atoms with van der Waals surface area (Å²) in [5.41, 5.74) is 5.19. The maximum absolute atomic E-state index is 11.4. The molecule has 0 amide bonds. The largest absolute Gasteiger partial charge is 0.411 e. The van der Waals surface area contributed by atoms with Crippen molar-refractivity contribution in [1.29, 1.82) is 0 Å². The summed E-state index contributed by atoms with van der Waals surface area (Å²) < 4.78 is 38.5. The zero-order chi connectivity index (χ0) is 8.91. The van der Waals surface area contributed by atoms with Crippen molar-refractivity contribution in [2.24, 2.45) is 5.73 Å². The Hall–Kier alpha value is -0.550. The number of hydrogen-bond acceptors (Lipinski definition) is 2. The molecule has 0 fully saturated rings. The molecule has 2 N–H and O–H groups in total. The van der Waals surface area contributed by atoms with Crippen molar-refractivity contribution in [2.75, 3.05) is 13.2 Å². The van der Waals surface area contributed by atoms with Crippen LogP contribution >= 0.6 is 0 Å². The minimum atomic E-state index is -4.28. The number of ether oxygens (including phenoxy) is 1. The Morgan fingerprint density at radius 1 is 1.55 bits per heavy atom. The lowest BCUT2D eigenvalue weighted by Crippen LogP contribution is -2.27. The van der Waals surface area contributed by atoms with Crippen LogP contribution in [0.15, 0.2) is 12.7 Å². The van der Waals surface area contributed by atoms with Crippen LogP contribution in [0.2, 0.25) is 0 Å². The van der Waals surface area contributed by atoms with Crippen LogP contribution in [0.5, 0.6) is 0 Å². The first-order chi connectivity index (χ1) is 4.95. The molecule has 66 valence electrons. The predicted molar refractivity (Wildman–Crippen MR) is 35.0 cm³/mol. The Bertz CT molecular complexity index is 123. The lowest BCUT2D eigenvalue weighted by Gasteiger charge is -2.09. The molecule has 0 saturated heterocycles. The van der Waals surface area contributed by atoms with Crippen LogP contribution in [-0.2, 0) is 4.74 Å². The van der Waals surface area contributed by atoms with E-state index >= 15 is 0 Å². The van der Waals surface area contributed by atoms with Crippen LogP contribution in [0, 0.1) is 0 Å². The summed E-state index contributed by atoms with van der Waals surface area (Å²) in [6, 6.07) is -0.530. The van der Waals surface area contributed by atoms with Gasteiger partial charge in [-0.25, -0.2) is 0 Å². The average Bonchev–Trinajstić information content (AvgIpc) is 1.85. The number of hydrogen-bond donors (Lipinski definition) is 1. The second-order valence-electron chi connectivity index (χ2n) is 2.03. The van der Waals surface area contributed by atoms with Crippen LogP contribution in [0.3, 0.4) is 0 Å². The van der Waals surface area contributed by atoms with Crippen LogP contribution in [0.1, 0.15) is 0 Å². The quantitative estimate of drug-likeness (QED) is 0.639. The van der Waals surface area contributed by atoms with Crippen LogP contribution < -0.4 is 5.73 Å². The molecule has 5 heteroatoms. The second kappa shape index (κ2) is 4.35. The van der Waals surface area contributed by atoms with Gasteiger partial charge in [-0.15, -0.1) is 6.58 Å². The van der Waals surface area contributed by atoms with E-state index in [1.54, 1.807) is 0 Å². The first-order valence-electron chi connectivity index (χ1n) is 2.98. The Kier molecular flexibility index (Phi) is 4.14. The molecule has 0 aromatic carbocycles. The Balaban J connectivity index is 3.35. The van der Waals surface area contributed by atoms with E-state index in [0.717, 1.165) is 0 Å². The summed E-state index contributed by atoms with van der Waals surface area (Å²) in [6.07, 6.45) is -2.95. The van der Waals surface area contributed by atoms with Crippen LogP contribution in [-0.4, -0.2) is 25.4 Å². The summed E-state index contributed by atoms with van der Waals surface area (Å²) in [4.78, 5) is 0. The van der Waals surface area contributed by atoms with E-state index in [9.17, 15) is 13.2 Å². The summed E-state index contributed by atoms with van der Waals surface area (Å²) in [6.45, 7) is 1.88. The Morgan fingerprint density at radius 3 is 2.45 bits per heavy atom. The molecular weight excluding hydrogens is 159 g/mol. The predicted octanol–water partition coefficient (Wildman–Crippen LogP) is 1.08. The highest BCUT2D eigenvalue weighted by atomic mass is 19.4. The van der Waals surface area contributed by atoms with Crippen molar-refractivity contribution in [1.82, 2.24) is 0 Å². The number of rotatable bonds is 4. The molecule has 1 unspecified atom stereocenters. The second-order valence-corrected chi connectivity index (χ2v) is 2.03. The molecule has 2 nitrogen and oxygen atoms in total. The van der Waals surface area contributed by atoms with Crippen molar-refractivity contribution in [3.8, 4) is 0 Å². The molecule has 0 aliphatic rings. The minimum absolute atomic E-state index is 0.150. The standard InChI is InChI=1S/C6H10F3NO/c1-2-5(10)3-11-4-6(7,8)9/h2,5H,1,3-4,10H2. The number of alkyl halides is 3. The van der Waals surface area contributed by atoms with Gasteiger partial charge in [-0.05, 0) is 0 Å². The molecule has 0 saturated carbocycles. The lowest BCUT2D eigenvalue weighted by atomic mass is 10.3. The molecule has 0 bridgehead atoms. The minimum Gasteiger partial charge on any atom is -0.370 e. The van der Waals surface area contributed by atoms with Gasteiger partial charge in [0.05, 0.1) is 6.61 Å². The van der Waals surface area contributed by atoms with Gasteiger partial charge in [0.2, 0.25) is 0 Å². The van der Waals surface area contributed by atoms with Crippen molar-refractivity contribution < 1.29 is 17.9 Å². The van der Waals surface area contributed by atoms with Crippen molar-refractivity contribution in [3.63, 3.8) is 0 Å². The summed E-state index contributed by atoms with van der Waals surface area (Å²) in [7, 11) is 0. The van der Waals surface area contributed by atoms with Crippen molar-refractivity contribution in [3.05, 3.63) is 12.7 Å². The molecule has 0 aliphatic carbocycles. The van der Waals surface area contributed by atoms with Crippen molar-refractivity contribution >= 4 is 0 Å². The van der Waals surface area contributed by atoms with E-state index in [1.165, 1.54) is 6.08 Å². The van der Waals surface area contributed by atoms with Crippen LogP contribution in [0.25, 0.3) is 0 Å². The maximum atomic E-state index is 11.4. The van der Waals surface area contributed by atoms with E-state index < -0.39 is 18.8 Å². The summed E-state index contributed by atoms with van der Waals surface area (Å²) in [5.74, 6) is 0. The topological polar surface area (TPSA) is 35.2 Å². The molecule has 0 spiro atoms. The summed E-state index contributed by atoms with van der Waals surface area (Å²) >= 11 is 0. The third-order valence-electron chi connectivity index (χ3n) is 0.879. The molecule has 0 aromatic heterocycles. The van der Waals surface area contributed by atoms with Crippen molar-refractivity contribution in [2.45, 2.75) is 12.2 Å². The van der Waals surface area contributed by atoms with Gasteiger partial charge in [-0.2, -0.15) is 13.2 Å². The van der Waals surface area contributed by atoms with Gasteiger partial charge in [0.15, 0.2) is 0 Å². The normalized spacial score (nSPS) is 14.5. The molecule has 0 rings (SSSR count). The maximum Gasteiger partial charge on any atom is 0.411 e. The SMILES string of the molecule is C=CC(N)COCC(F)(F)F. The third kappa shape index (κ3) is 7.35. The molecule has 0 aliphatic heterocycles. The van der Waals surface area contributed by atoms with Gasteiger partial charge >= 0.3 is 6.18 Å². The van der Waals surface area contributed by atoms with E-state index in [4.69, 9.17) is 5.73 Å².